The van der Waals surface area contributed by atoms with E-state index in [0.717, 1.165) is 33.7 Å². The van der Waals surface area contributed by atoms with E-state index in [1.807, 2.05) is 28.9 Å². The van der Waals surface area contributed by atoms with E-state index in [-0.39, 0.29) is 0 Å². The van der Waals surface area contributed by atoms with Crippen molar-refractivity contribution >= 4 is 33.2 Å². The zero-order chi connectivity index (χ0) is 17.6. The van der Waals surface area contributed by atoms with Crippen LogP contribution in [-0.4, -0.2) is 25.6 Å². The lowest BCUT2D eigenvalue weighted by atomic mass is 10.1. The maximum absolute atomic E-state index is 4.69. The summed E-state index contributed by atoms with van der Waals surface area (Å²) in [6.45, 7) is 5.08. The van der Waals surface area contributed by atoms with Crippen LogP contribution in [-0.2, 0) is 6.54 Å². The van der Waals surface area contributed by atoms with Crippen molar-refractivity contribution in [2.24, 2.45) is 0 Å². The molecule has 0 bridgehead atoms. The first-order chi connectivity index (χ1) is 12.2. The molecule has 0 saturated heterocycles. The molecular weight excluding hydrogens is 380 g/mol. The topological polar surface area (TPSA) is 67.1 Å². The first-order valence-electron chi connectivity index (χ1n) is 8.61. The lowest BCUT2D eigenvalue weighted by molar-refractivity contribution is 0.643. The van der Waals surface area contributed by atoms with Crippen LogP contribution in [0.25, 0.3) is 5.65 Å². The molecule has 0 fully saturated rings. The number of pyridine rings is 1. The van der Waals surface area contributed by atoms with Crippen LogP contribution in [0.2, 0.25) is 0 Å². The minimum atomic E-state index is 0.378. The van der Waals surface area contributed by atoms with Gasteiger partial charge < -0.3 is 10.6 Å². The van der Waals surface area contributed by atoms with E-state index in [0.29, 0.717) is 12.6 Å². The summed E-state index contributed by atoms with van der Waals surface area (Å²) in [7, 11) is 0. The Hall–Kier alpha value is -2.15. The summed E-state index contributed by atoms with van der Waals surface area (Å²) in [5.41, 5.74) is 1.91. The molecular formula is C18H23BrN6. The Morgan fingerprint density at radius 2 is 2.20 bits per heavy atom. The van der Waals surface area contributed by atoms with E-state index in [2.05, 4.69) is 55.5 Å². The van der Waals surface area contributed by atoms with Crippen LogP contribution in [0.5, 0.6) is 0 Å². The van der Waals surface area contributed by atoms with Gasteiger partial charge in [-0.25, -0.2) is 4.98 Å². The fourth-order valence-corrected chi connectivity index (χ4v) is 3.01. The maximum atomic E-state index is 4.69. The summed E-state index contributed by atoms with van der Waals surface area (Å²) in [6.07, 6.45) is 8.93. The monoisotopic (exact) mass is 402 g/mol. The zero-order valence-corrected chi connectivity index (χ0v) is 16.1. The number of fused-ring (bicyclic) bond motifs is 1. The van der Waals surface area contributed by atoms with Crippen molar-refractivity contribution in [3.05, 3.63) is 46.8 Å². The average Bonchev–Trinajstić information content (AvgIpc) is 3.00. The lowest BCUT2D eigenvalue weighted by Gasteiger charge is -2.16. The van der Waals surface area contributed by atoms with Crippen LogP contribution < -0.4 is 10.6 Å². The summed E-state index contributed by atoms with van der Waals surface area (Å²) >= 11 is 3.53. The molecule has 0 radical (unpaired) electrons. The van der Waals surface area contributed by atoms with Gasteiger partial charge in [-0.1, -0.05) is 25.8 Å². The van der Waals surface area contributed by atoms with Gasteiger partial charge in [0, 0.05) is 31.0 Å². The van der Waals surface area contributed by atoms with Crippen molar-refractivity contribution in [1.29, 1.82) is 0 Å². The van der Waals surface area contributed by atoms with Gasteiger partial charge in [0.2, 0.25) is 0 Å². The van der Waals surface area contributed by atoms with E-state index in [1.165, 1.54) is 12.8 Å². The largest absolute Gasteiger partial charge is 0.367 e. The molecule has 3 aromatic heterocycles. The fraction of sp³-hybridized carbons (Fsp3) is 0.389. The Morgan fingerprint density at radius 3 is 2.96 bits per heavy atom. The molecule has 0 saturated carbocycles. The van der Waals surface area contributed by atoms with Crippen LogP contribution in [0.3, 0.4) is 0 Å². The summed E-state index contributed by atoms with van der Waals surface area (Å²) in [6, 6.07) is 6.36. The zero-order valence-electron chi connectivity index (χ0n) is 14.5. The van der Waals surface area contributed by atoms with Gasteiger partial charge in [-0.15, -0.1) is 0 Å². The molecule has 0 spiro atoms. The van der Waals surface area contributed by atoms with Gasteiger partial charge >= 0.3 is 0 Å². The molecule has 0 aliphatic heterocycles. The highest BCUT2D eigenvalue weighted by Crippen LogP contribution is 2.23. The van der Waals surface area contributed by atoms with E-state index in [1.54, 1.807) is 12.4 Å². The summed E-state index contributed by atoms with van der Waals surface area (Å²) in [5, 5.41) is 11.3. The SMILES string of the molecule is CCCC[C@@H](C)Nc1cc(NCc2cccnc2)n2ncc(Br)c2n1. The van der Waals surface area contributed by atoms with Crippen LogP contribution in [0.1, 0.15) is 38.7 Å². The quantitative estimate of drug-likeness (QED) is 0.580. The van der Waals surface area contributed by atoms with Crippen molar-refractivity contribution in [1.82, 2.24) is 19.6 Å². The molecule has 3 rings (SSSR count). The van der Waals surface area contributed by atoms with Crippen molar-refractivity contribution in [3.8, 4) is 0 Å². The van der Waals surface area contributed by atoms with Gasteiger partial charge in [-0.3, -0.25) is 4.98 Å². The molecule has 2 N–H and O–H groups in total. The van der Waals surface area contributed by atoms with E-state index in [9.17, 15) is 0 Å². The van der Waals surface area contributed by atoms with Gasteiger partial charge in [-0.05, 0) is 40.9 Å². The minimum absolute atomic E-state index is 0.378. The first kappa shape index (κ1) is 17.7. The number of hydrogen-bond acceptors (Lipinski definition) is 5. The third-order valence-corrected chi connectivity index (χ3v) is 4.57. The van der Waals surface area contributed by atoms with Crippen LogP contribution in [0.15, 0.2) is 41.3 Å². The third kappa shape index (κ3) is 4.48. The molecule has 25 heavy (non-hydrogen) atoms. The lowest BCUT2D eigenvalue weighted by Crippen LogP contribution is -2.17. The molecule has 3 heterocycles. The summed E-state index contributed by atoms with van der Waals surface area (Å²) < 4.78 is 2.68. The average molecular weight is 403 g/mol. The Labute approximate surface area is 156 Å². The molecule has 0 amide bonds. The van der Waals surface area contributed by atoms with Crippen LogP contribution in [0.4, 0.5) is 11.6 Å². The molecule has 0 aromatic carbocycles. The van der Waals surface area contributed by atoms with Crippen molar-refractivity contribution < 1.29 is 0 Å². The molecule has 3 aromatic rings. The highest BCUT2D eigenvalue weighted by atomic mass is 79.9. The molecule has 0 aliphatic carbocycles. The normalized spacial score (nSPS) is 12.3. The number of unbranched alkanes of at least 4 members (excludes halogenated alkanes) is 1. The van der Waals surface area contributed by atoms with Gasteiger partial charge in [0.25, 0.3) is 0 Å². The number of anilines is 2. The van der Waals surface area contributed by atoms with Crippen molar-refractivity contribution in [3.63, 3.8) is 0 Å². The predicted octanol–water partition coefficient (Wildman–Crippen LogP) is 4.49. The maximum Gasteiger partial charge on any atom is 0.173 e. The Morgan fingerprint density at radius 1 is 1.32 bits per heavy atom. The summed E-state index contributed by atoms with van der Waals surface area (Å²) in [5.74, 6) is 1.75. The number of nitrogens with zero attached hydrogens (tertiary/aromatic N) is 4. The van der Waals surface area contributed by atoms with Crippen LogP contribution in [0, 0.1) is 0 Å². The van der Waals surface area contributed by atoms with Crippen molar-refractivity contribution in [2.45, 2.75) is 45.7 Å². The predicted molar refractivity (Wildman–Crippen MR) is 105 cm³/mol. The van der Waals surface area contributed by atoms with E-state index < -0.39 is 0 Å². The molecule has 0 unspecified atom stereocenters. The number of halogens is 1. The Balaban J connectivity index is 1.82. The van der Waals surface area contributed by atoms with E-state index in [4.69, 9.17) is 0 Å². The highest BCUT2D eigenvalue weighted by Gasteiger charge is 2.11. The van der Waals surface area contributed by atoms with Gasteiger partial charge in [0.1, 0.15) is 11.6 Å². The molecule has 7 heteroatoms. The number of hydrogen-bond donors (Lipinski definition) is 2. The third-order valence-electron chi connectivity index (χ3n) is 4.01. The molecule has 1 atom stereocenters. The van der Waals surface area contributed by atoms with Crippen LogP contribution >= 0.6 is 15.9 Å². The first-order valence-corrected chi connectivity index (χ1v) is 9.40. The number of rotatable bonds is 8. The minimum Gasteiger partial charge on any atom is -0.367 e. The fourth-order valence-electron chi connectivity index (χ4n) is 2.67. The second-order valence-corrected chi connectivity index (χ2v) is 7.01. The molecule has 0 aliphatic rings. The Kier molecular flexibility index (Phi) is 5.86. The second kappa shape index (κ2) is 8.29. The van der Waals surface area contributed by atoms with E-state index >= 15 is 0 Å². The smallest absolute Gasteiger partial charge is 0.173 e. The van der Waals surface area contributed by atoms with Gasteiger partial charge in [0.15, 0.2) is 5.65 Å². The second-order valence-electron chi connectivity index (χ2n) is 6.16. The number of nitrogens with one attached hydrogen (secondary N) is 2. The highest BCUT2D eigenvalue weighted by molar-refractivity contribution is 9.10. The molecule has 132 valence electrons. The standard InChI is InChI=1S/C18H23BrN6/c1-3-4-6-13(2)23-16-9-17(21-11-14-7-5-8-20-10-14)25-18(24-16)15(19)12-22-25/h5,7-10,12-13,21H,3-4,6,11H2,1-2H3,(H,23,24)/t13-/m1/s1. The Bertz CT molecular complexity index is 817. The van der Waals surface area contributed by atoms with Gasteiger partial charge in [0.05, 0.1) is 10.7 Å². The van der Waals surface area contributed by atoms with Gasteiger partial charge in [-0.2, -0.15) is 9.61 Å². The van der Waals surface area contributed by atoms with Crippen molar-refractivity contribution in [2.75, 3.05) is 10.6 Å². The summed E-state index contributed by atoms with van der Waals surface area (Å²) in [4.78, 5) is 8.84. The number of aromatic nitrogens is 4. The molecule has 6 nitrogen and oxygen atoms in total.